The molecule has 0 unspecified atom stereocenters. The Labute approximate surface area is 120 Å². The van der Waals surface area contributed by atoms with E-state index in [4.69, 9.17) is 22.4 Å². The molecule has 0 aliphatic carbocycles. The van der Waals surface area contributed by atoms with Gasteiger partial charge in [-0.1, -0.05) is 44.0 Å². The van der Waals surface area contributed by atoms with Crippen molar-refractivity contribution in [1.82, 2.24) is 0 Å². The van der Waals surface area contributed by atoms with E-state index in [-0.39, 0.29) is 6.42 Å². The van der Waals surface area contributed by atoms with Crippen molar-refractivity contribution in [3.63, 3.8) is 0 Å². The molecule has 108 valence electrons. The van der Waals surface area contributed by atoms with Gasteiger partial charge in [0.25, 0.3) is 0 Å². The fourth-order valence-electron chi connectivity index (χ4n) is 1.59. The molecule has 0 heterocycles. The maximum atomic E-state index is 10.3. The van der Waals surface area contributed by atoms with Gasteiger partial charge in [-0.25, -0.2) is 0 Å². The third kappa shape index (κ3) is 9.51. The van der Waals surface area contributed by atoms with Crippen LogP contribution in [0.1, 0.15) is 43.7 Å². The molecule has 4 heteroatoms. The summed E-state index contributed by atoms with van der Waals surface area (Å²) < 4.78 is 0. The van der Waals surface area contributed by atoms with E-state index in [9.17, 15) is 4.79 Å². The number of carboxylic acids is 1. The normalized spacial score (nSPS) is 9.63. The highest BCUT2D eigenvalue weighted by Crippen LogP contribution is 2.09. The number of alkyl halides is 1. The number of halogens is 1. The van der Waals surface area contributed by atoms with Gasteiger partial charge in [0, 0.05) is 18.8 Å². The monoisotopic (exact) mass is 285 g/mol. The van der Waals surface area contributed by atoms with Crippen LogP contribution in [0.25, 0.3) is 0 Å². The maximum Gasteiger partial charge on any atom is 0.303 e. The molecular weight excluding hydrogens is 262 g/mol. The molecule has 0 amide bonds. The second kappa shape index (κ2) is 12.0. The SMILES string of the molecule is CCCCCCl.NCc1ccccc1CCC(=O)O. The first-order valence-corrected chi connectivity index (χ1v) is 7.23. The molecule has 0 saturated heterocycles. The molecule has 0 radical (unpaired) electrons. The zero-order valence-corrected chi connectivity index (χ0v) is 12.3. The molecule has 0 aromatic heterocycles. The van der Waals surface area contributed by atoms with Gasteiger partial charge >= 0.3 is 5.97 Å². The zero-order valence-electron chi connectivity index (χ0n) is 11.6. The van der Waals surface area contributed by atoms with Crippen LogP contribution < -0.4 is 5.73 Å². The highest BCUT2D eigenvalue weighted by atomic mass is 35.5. The minimum absolute atomic E-state index is 0.164. The average molecular weight is 286 g/mol. The van der Waals surface area contributed by atoms with Gasteiger partial charge in [0.2, 0.25) is 0 Å². The second-order valence-corrected chi connectivity index (χ2v) is 4.64. The highest BCUT2D eigenvalue weighted by molar-refractivity contribution is 6.17. The molecule has 1 aromatic carbocycles. The highest BCUT2D eigenvalue weighted by Gasteiger charge is 2.02. The van der Waals surface area contributed by atoms with Crippen molar-refractivity contribution < 1.29 is 9.90 Å². The van der Waals surface area contributed by atoms with E-state index < -0.39 is 5.97 Å². The summed E-state index contributed by atoms with van der Waals surface area (Å²) in [6.45, 7) is 2.64. The Balaban J connectivity index is 0.000000459. The van der Waals surface area contributed by atoms with Gasteiger partial charge in [0.05, 0.1) is 0 Å². The van der Waals surface area contributed by atoms with Crippen LogP contribution in [0.3, 0.4) is 0 Å². The number of carboxylic acid groups (broad SMARTS) is 1. The third-order valence-electron chi connectivity index (χ3n) is 2.68. The number of aliphatic carboxylic acids is 1. The number of benzene rings is 1. The fraction of sp³-hybridized carbons (Fsp3) is 0.533. The quantitative estimate of drug-likeness (QED) is 0.594. The minimum Gasteiger partial charge on any atom is -0.481 e. The van der Waals surface area contributed by atoms with Crippen LogP contribution in [0.15, 0.2) is 24.3 Å². The van der Waals surface area contributed by atoms with Crippen molar-refractivity contribution in [1.29, 1.82) is 0 Å². The summed E-state index contributed by atoms with van der Waals surface area (Å²) in [5.41, 5.74) is 7.58. The molecule has 1 aromatic rings. The largest absolute Gasteiger partial charge is 0.481 e. The van der Waals surface area contributed by atoms with Crippen molar-refractivity contribution >= 4 is 17.6 Å². The van der Waals surface area contributed by atoms with E-state index in [1.807, 2.05) is 24.3 Å². The van der Waals surface area contributed by atoms with Gasteiger partial charge in [-0.15, -0.1) is 11.6 Å². The average Bonchev–Trinajstić information content (AvgIpc) is 2.43. The van der Waals surface area contributed by atoms with Crippen molar-refractivity contribution in [3.8, 4) is 0 Å². The summed E-state index contributed by atoms with van der Waals surface area (Å²) >= 11 is 5.38. The Morgan fingerprint density at radius 2 is 1.89 bits per heavy atom. The second-order valence-electron chi connectivity index (χ2n) is 4.26. The van der Waals surface area contributed by atoms with Crippen molar-refractivity contribution in [2.45, 2.75) is 45.6 Å². The summed E-state index contributed by atoms with van der Waals surface area (Å²) in [6, 6.07) is 7.66. The number of rotatable bonds is 7. The molecule has 19 heavy (non-hydrogen) atoms. The Hall–Kier alpha value is -1.06. The van der Waals surface area contributed by atoms with Crippen LogP contribution >= 0.6 is 11.6 Å². The van der Waals surface area contributed by atoms with E-state index >= 15 is 0 Å². The van der Waals surface area contributed by atoms with Crippen LogP contribution in [0.5, 0.6) is 0 Å². The van der Waals surface area contributed by atoms with Crippen molar-refractivity contribution in [3.05, 3.63) is 35.4 Å². The molecule has 1 rings (SSSR count). The number of aryl methyl sites for hydroxylation is 1. The lowest BCUT2D eigenvalue weighted by Gasteiger charge is -2.04. The molecule has 0 bridgehead atoms. The number of carbonyl (C=O) groups is 1. The molecule has 0 spiro atoms. The molecule has 0 fully saturated rings. The number of hydrogen-bond donors (Lipinski definition) is 2. The predicted octanol–water partition coefficient (Wildman–Crippen LogP) is 3.58. The van der Waals surface area contributed by atoms with Crippen LogP contribution in [0, 0.1) is 0 Å². The number of nitrogens with two attached hydrogens (primary N) is 1. The van der Waals surface area contributed by atoms with Gasteiger partial charge in [-0.05, 0) is 24.0 Å². The summed E-state index contributed by atoms with van der Waals surface area (Å²) in [4.78, 5) is 10.3. The Bertz CT molecular complexity index is 352. The van der Waals surface area contributed by atoms with Gasteiger partial charge < -0.3 is 10.8 Å². The van der Waals surface area contributed by atoms with E-state index in [1.54, 1.807) is 0 Å². The fourth-order valence-corrected chi connectivity index (χ4v) is 1.78. The number of unbranched alkanes of at least 4 members (excludes halogenated alkanes) is 2. The van der Waals surface area contributed by atoms with Gasteiger partial charge in [-0.3, -0.25) is 4.79 Å². The molecule has 0 aliphatic rings. The summed E-state index contributed by atoms with van der Waals surface area (Å²) in [7, 11) is 0. The smallest absolute Gasteiger partial charge is 0.303 e. The van der Waals surface area contributed by atoms with E-state index in [0.29, 0.717) is 13.0 Å². The molecular formula is C15H24ClNO2. The van der Waals surface area contributed by atoms with Gasteiger partial charge in [0.1, 0.15) is 0 Å². The van der Waals surface area contributed by atoms with Crippen LogP contribution in [0.4, 0.5) is 0 Å². The van der Waals surface area contributed by atoms with Crippen molar-refractivity contribution in [2.75, 3.05) is 5.88 Å². The standard InChI is InChI=1S/C10H13NO2.C5H11Cl/c11-7-9-4-2-1-3-8(9)5-6-10(12)13;1-2-3-4-5-6/h1-4H,5-7,11H2,(H,12,13);2-5H2,1H3. The molecule has 0 saturated carbocycles. The molecule has 0 atom stereocenters. The Morgan fingerprint density at radius 1 is 1.26 bits per heavy atom. The van der Waals surface area contributed by atoms with Crippen LogP contribution in [-0.2, 0) is 17.8 Å². The van der Waals surface area contributed by atoms with E-state index in [1.165, 1.54) is 19.3 Å². The topological polar surface area (TPSA) is 63.3 Å². The van der Waals surface area contributed by atoms with Crippen LogP contribution in [0.2, 0.25) is 0 Å². The first-order valence-electron chi connectivity index (χ1n) is 6.70. The third-order valence-corrected chi connectivity index (χ3v) is 2.95. The lowest BCUT2D eigenvalue weighted by molar-refractivity contribution is -0.136. The molecule has 3 N–H and O–H groups in total. The predicted molar refractivity (Wildman–Crippen MR) is 80.5 cm³/mol. The summed E-state index contributed by atoms with van der Waals surface area (Å²) in [6.07, 6.45) is 4.45. The van der Waals surface area contributed by atoms with E-state index in [0.717, 1.165) is 17.0 Å². The Kier molecular flexibility index (Phi) is 11.3. The summed E-state index contributed by atoms with van der Waals surface area (Å²) in [5, 5.41) is 8.51. The first kappa shape index (κ1) is 17.9. The molecule has 0 aliphatic heterocycles. The number of hydrogen-bond acceptors (Lipinski definition) is 2. The van der Waals surface area contributed by atoms with E-state index in [2.05, 4.69) is 6.92 Å². The lowest BCUT2D eigenvalue weighted by atomic mass is 10.0. The minimum atomic E-state index is -0.771. The maximum absolute atomic E-state index is 10.3. The van der Waals surface area contributed by atoms with Crippen LogP contribution in [-0.4, -0.2) is 17.0 Å². The Morgan fingerprint density at radius 3 is 2.32 bits per heavy atom. The van der Waals surface area contributed by atoms with Gasteiger partial charge in [-0.2, -0.15) is 0 Å². The van der Waals surface area contributed by atoms with Gasteiger partial charge in [0.15, 0.2) is 0 Å². The van der Waals surface area contributed by atoms with Crippen molar-refractivity contribution in [2.24, 2.45) is 5.73 Å². The molecule has 3 nitrogen and oxygen atoms in total. The first-order chi connectivity index (χ1) is 9.15. The lowest BCUT2D eigenvalue weighted by Crippen LogP contribution is -2.04. The summed E-state index contributed by atoms with van der Waals surface area (Å²) in [5.74, 6) is 0.0558. The zero-order chi connectivity index (χ0) is 14.5.